The Morgan fingerprint density at radius 2 is 2.16 bits per heavy atom. The molecule has 3 aromatic heterocycles. The van der Waals surface area contributed by atoms with Gasteiger partial charge in [-0.1, -0.05) is 12.0 Å². The van der Waals surface area contributed by atoms with Gasteiger partial charge in [0.25, 0.3) is 0 Å². The fourth-order valence-electron chi connectivity index (χ4n) is 3.25. The molecule has 8 nitrogen and oxygen atoms in total. The molecule has 0 bridgehead atoms. The topological polar surface area (TPSA) is 88.4 Å². The summed E-state index contributed by atoms with van der Waals surface area (Å²) < 4.78 is 18.2. The van der Waals surface area contributed by atoms with E-state index in [-0.39, 0.29) is 18.5 Å². The lowest BCUT2D eigenvalue weighted by molar-refractivity contribution is -0.0393. The normalized spacial score (nSPS) is 15.5. The molecule has 3 aromatic rings. The Morgan fingerprint density at radius 3 is 2.94 bits per heavy atom. The number of hydrogen-bond donors (Lipinski definition) is 0. The van der Waals surface area contributed by atoms with Crippen LogP contribution >= 0.6 is 0 Å². The van der Waals surface area contributed by atoms with Crippen molar-refractivity contribution in [3.05, 3.63) is 60.2 Å². The number of esters is 1. The molecule has 0 radical (unpaired) electrons. The SMILES string of the molecule is CCOC(=O)c1cccc(C#CCOc2ccc(-c3ccn(C4CCCCO4)n3)nc2)n1. The van der Waals surface area contributed by atoms with Crippen LogP contribution in [0.2, 0.25) is 0 Å². The molecule has 4 rings (SSSR count). The summed E-state index contributed by atoms with van der Waals surface area (Å²) in [7, 11) is 0. The zero-order valence-corrected chi connectivity index (χ0v) is 17.9. The van der Waals surface area contributed by atoms with E-state index in [1.54, 1.807) is 31.3 Å². The maximum Gasteiger partial charge on any atom is 0.356 e. The first kappa shape index (κ1) is 21.5. The molecule has 32 heavy (non-hydrogen) atoms. The zero-order valence-electron chi connectivity index (χ0n) is 17.9. The van der Waals surface area contributed by atoms with E-state index in [0.717, 1.165) is 37.3 Å². The van der Waals surface area contributed by atoms with Crippen LogP contribution in [-0.2, 0) is 9.47 Å². The van der Waals surface area contributed by atoms with E-state index in [4.69, 9.17) is 14.2 Å². The third kappa shape index (κ3) is 5.50. The highest BCUT2D eigenvalue weighted by atomic mass is 16.5. The third-order valence-corrected chi connectivity index (χ3v) is 4.82. The van der Waals surface area contributed by atoms with E-state index in [9.17, 15) is 4.79 Å². The quantitative estimate of drug-likeness (QED) is 0.434. The molecule has 0 spiro atoms. The summed E-state index contributed by atoms with van der Waals surface area (Å²) in [5, 5.41) is 4.60. The van der Waals surface area contributed by atoms with E-state index in [0.29, 0.717) is 18.1 Å². The lowest BCUT2D eigenvalue weighted by atomic mass is 10.2. The average Bonchev–Trinajstić information content (AvgIpc) is 3.34. The summed E-state index contributed by atoms with van der Waals surface area (Å²) in [6, 6.07) is 10.7. The van der Waals surface area contributed by atoms with Gasteiger partial charge in [0.05, 0.1) is 18.5 Å². The highest BCUT2D eigenvalue weighted by Crippen LogP contribution is 2.24. The van der Waals surface area contributed by atoms with Gasteiger partial charge in [-0.15, -0.1) is 0 Å². The van der Waals surface area contributed by atoms with Gasteiger partial charge in [0.1, 0.15) is 35.7 Å². The molecule has 0 saturated carbocycles. The second-order valence-electron chi connectivity index (χ2n) is 7.10. The number of carbonyl (C=O) groups is 1. The minimum absolute atomic E-state index is 0.00570. The molecule has 1 aliphatic rings. The van der Waals surface area contributed by atoms with Crippen LogP contribution in [0.4, 0.5) is 0 Å². The molecule has 8 heteroatoms. The molecular formula is C24H24N4O4. The largest absolute Gasteiger partial charge is 0.479 e. The smallest absolute Gasteiger partial charge is 0.356 e. The molecule has 164 valence electrons. The first-order valence-corrected chi connectivity index (χ1v) is 10.6. The van der Waals surface area contributed by atoms with Gasteiger partial charge in [-0.2, -0.15) is 5.10 Å². The number of pyridine rings is 2. The van der Waals surface area contributed by atoms with E-state index in [1.807, 2.05) is 29.1 Å². The summed E-state index contributed by atoms with van der Waals surface area (Å²) in [6.07, 6.45) is 6.82. The second-order valence-corrected chi connectivity index (χ2v) is 7.10. The lowest BCUT2D eigenvalue weighted by Crippen LogP contribution is -2.18. The van der Waals surface area contributed by atoms with Crippen molar-refractivity contribution in [2.45, 2.75) is 32.4 Å². The van der Waals surface area contributed by atoms with Crippen molar-refractivity contribution in [3.8, 4) is 29.0 Å². The number of hydrogen-bond acceptors (Lipinski definition) is 7. The Labute approximate surface area is 186 Å². The monoisotopic (exact) mass is 432 g/mol. The number of nitrogens with zero attached hydrogens (tertiary/aromatic N) is 4. The van der Waals surface area contributed by atoms with Crippen molar-refractivity contribution in [3.63, 3.8) is 0 Å². The predicted molar refractivity (Wildman–Crippen MR) is 117 cm³/mol. The fourth-order valence-corrected chi connectivity index (χ4v) is 3.25. The van der Waals surface area contributed by atoms with E-state index in [1.165, 1.54) is 0 Å². The van der Waals surface area contributed by atoms with Gasteiger partial charge < -0.3 is 14.2 Å². The van der Waals surface area contributed by atoms with Gasteiger partial charge >= 0.3 is 5.97 Å². The summed E-state index contributed by atoms with van der Waals surface area (Å²) in [6.45, 7) is 2.99. The first-order valence-electron chi connectivity index (χ1n) is 10.6. The molecule has 1 fully saturated rings. The van der Waals surface area contributed by atoms with Crippen LogP contribution in [0, 0.1) is 11.8 Å². The van der Waals surface area contributed by atoms with Crippen LogP contribution in [0.25, 0.3) is 11.4 Å². The maximum atomic E-state index is 11.7. The second kappa shape index (κ2) is 10.6. The molecule has 4 heterocycles. The fraction of sp³-hybridized carbons (Fsp3) is 0.333. The van der Waals surface area contributed by atoms with Crippen LogP contribution in [0.1, 0.15) is 48.6 Å². The van der Waals surface area contributed by atoms with Crippen molar-refractivity contribution in [1.82, 2.24) is 19.7 Å². The van der Waals surface area contributed by atoms with Crippen molar-refractivity contribution < 1.29 is 19.0 Å². The molecular weight excluding hydrogens is 408 g/mol. The van der Waals surface area contributed by atoms with Crippen LogP contribution in [-0.4, -0.2) is 45.5 Å². The van der Waals surface area contributed by atoms with Crippen LogP contribution in [0.5, 0.6) is 5.75 Å². The lowest BCUT2D eigenvalue weighted by Gasteiger charge is -2.22. The molecule has 1 saturated heterocycles. The van der Waals surface area contributed by atoms with Crippen LogP contribution < -0.4 is 4.74 Å². The highest BCUT2D eigenvalue weighted by Gasteiger charge is 2.17. The Hall–Kier alpha value is -3.70. The van der Waals surface area contributed by atoms with Gasteiger partial charge in [0, 0.05) is 12.8 Å². The molecule has 0 amide bonds. The molecule has 1 atom stereocenters. The summed E-state index contributed by atoms with van der Waals surface area (Å²) >= 11 is 0. The zero-order chi connectivity index (χ0) is 22.2. The minimum Gasteiger partial charge on any atom is -0.479 e. The van der Waals surface area contributed by atoms with Crippen LogP contribution in [0.3, 0.4) is 0 Å². The predicted octanol–water partition coefficient (Wildman–Crippen LogP) is 3.65. The third-order valence-electron chi connectivity index (χ3n) is 4.82. The van der Waals surface area contributed by atoms with Gasteiger partial charge in [-0.25, -0.2) is 14.5 Å². The Kier molecular flexibility index (Phi) is 7.10. The van der Waals surface area contributed by atoms with Crippen molar-refractivity contribution >= 4 is 5.97 Å². The van der Waals surface area contributed by atoms with E-state index < -0.39 is 5.97 Å². The molecule has 1 unspecified atom stereocenters. The van der Waals surface area contributed by atoms with Gasteiger partial charge in [0.2, 0.25) is 0 Å². The number of ether oxygens (including phenoxy) is 3. The van der Waals surface area contributed by atoms with Gasteiger partial charge in [-0.3, -0.25) is 4.98 Å². The Morgan fingerprint density at radius 1 is 1.22 bits per heavy atom. The summed E-state index contributed by atoms with van der Waals surface area (Å²) in [4.78, 5) is 20.4. The first-order chi connectivity index (χ1) is 15.7. The van der Waals surface area contributed by atoms with Crippen molar-refractivity contribution in [2.24, 2.45) is 0 Å². The van der Waals surface area contributed by atoms with Gasteiger partial charge in [0.15, 0.2) is 0 Å². The molecule has 0 aliphatic carbocycles. The van der Waals surface area contributed by atoms with Crippen LogP contribution in [0.15, 0.2) is 48.8 Å². The Bertz CT molecular complexity index is 1110. The molecule has 0 N–H and O–H groups in total. The summed E-state index contributed by atoms with van der Waals surface area (Å²) in [5.74, 6) is 5.91. The van der Waals surface area contributed by atoms with E-state index in [2.05, 4.69) is 26.9 Å². The summed E-state index contributed by atoms with van der Waals surface area (Å²) in [5.41, 5.74) is 2.26. The maximum absolute atomic E-state index is 11.7. The Balaban J connectivity index is 1.32. The van der Waals surface area contributed by atoms with Crippen molar-refractivity contribution in [1.29, 1.82) is 0 Å². The molecule has 0 aromatic carbocycles. The number of rotatable bonds is 6. The standard InChI is InChI=1S/C24H24N4O4/c1-2-30-24(29)22-9-5-7-18(26-22)8-6-16-31-19-11-12-20(25-17-19)21-13-14-28(27-21)23-10-3-4-15-32-23/h5,7,9,11-14,17,23H,2-4,10,15-16H2,1H3. The number of carbonyl (C=O) groups excluding carboxylic acids is 1. The average molecular weight is 432 g/mol. The van der Waals surface area contributed by atoms with E-state index >= 15 is 0 Å². The number of aromatic nitrogens is 4. The van der Waals surface area contributed by atoms with Crippen molar-refractivity contribution in [2.75, 3.05) is 19.8 Å². The minimum atomic E-state index is -0.463. The van der Waals surface area contributed by atoms with Gasteiger partial charge in [-0.05, 0) is 62.4 Å². The molecule has 1 aliphatic heterocycles. The highest BCUT2D eigenvalue weighted by molar-refractivity contribution is 5.87.